The minimum absolute atomic E-state index is 0.0457. The van der Waals surface area contributed by atoms with Gasteiger partial charge in [-0.05, 0) is 36.7 Å². The predicted octanol–water partition coefficient (Wildman–Crippen LogP) is 3.32. The number of likely N-dealkylation sites (N-methyl/N-ethyl adjacent to an activating group) is 1. The van der Waals surface area contributed by atoms with Crippen molar-refractivity contribution < 1.29 is 24.6 Å². The largest absolute Gasteiger partial charge is 0.390 e. The first kappa shape index (κ1) is 36.8. The van der Waals surface area contributed by atoms with E-state index in [1.807, 2.05) is 54.9 Å². The topological polar surface area (TPSA) is 137 Å². The summed E-state index contributed by atoms with van der Waals surface area (Å²) < 4.78 is 1.88. The zero-order valence-corrected chi connectivity index (χ0v) is 27.7. The third kappa shape index (κ3) is 12.3. The number of benzene rings is 1. The minimum Gasteiger partial charge on any atom is -0.390 e. The van der Waals surface area contributed by atoms with Gasteiger partial charge in [0.2, 0.25) is 17.7 Å². The third-order valence-corrected chi connectivity index (χ3v) is 8.91. The number of aliphatic hydroxyl groups is 2. The van der Waals surface area contributed by atoms with Crippen molar-refractivity contribution >= 4 is 17.7 Å². The fourth-order valence-electron chi connectivity index (χ4n) is 6.19. The van der Waals surface area contributed by atoms with E-state index in [0.29, 0.717) is 38.3 Å². The maximum absolute atomic E-state index is 13.8. The van der Waals surface area contributed by atoms with Crippen LogP contribution in [0.15, 0.2) is 49.1 Å². The Morgan fingerprint density at radius 2 is 1.80 bits per heavy atom. The second kappa shape index (κ2) is 19.1. The molecule has 10 nitrogen and oxygen atoms in total. The molecule has 1 heterocycles. The molecule has 10 heteroatoms. The summed E-state index contributed by atoms with van der Waals surface area (Å²) in [5.74, 6) is 1.10. The number of rotatable bonds is 18. The quantitative estimate of drug-likeness (QED) is 0.186. The van der Waals surface area contributed by atoms with Crippen LogP contribution >= 0.6 is 0 Å². The summed E-state index contributed by atoms with van der Waals surface area (Å²) >= 11 is 0. The molecule has 3 amide bonds. The molecule has 1 saturated carbocycles. The zero-order chi connectivity index (χ0) is 33.5. The average Bonchev–Trinajstić information content (AvgIpc) is 3.57. The molecule has 1 aromatic carbocycles. The van der Waals surface area contributed by atoms with Gasteiger partial charge in [-0.15, -0.1) is 12.3 Å². The maximum atomic E-state index is 13.8. The molecule has 2 aromatic rings. The van der Waals surface area contributed by atoms with Crippen molar-refractivity contribution in [3.05, 3.63) is 54.6 Å². The van der Waals surface area contributed by atoms with Gasteiger partial charge in [-0.3, -0.25) is 14.4 Å². The first-order valence-electron chi connectivity index (χ1n) is 16.7. The lowest BCUT2D eigenvalue weighted by molar-refractivity contribution is -0.137. The van der Waals surface area contributed by atoms with Crippen molar-refractivity contribution in [3.63, 3.8) is 0 Å². The summed E-state index contributed by atoms with van der Waals surface area (Å²) in [7, 11) is 1.71. The molecule has 46 heavy (non-hydrogen) atoms. The van der Waals surface area contributed by atoms with Gasteiger partial charge in [0.15, 0.2) is 0 Å². The van der Waals surface area contributed by atoms with E-state index in [4.69, 9.17) is 6.42 Å². The third-order valence-electron chi connectivity index (χ3n) is 8.91. The van der Waals surface area contributed by atoms with Gasteiger partial charge in [0, 0.05) is 45.4 Å². The second-order valence-corrected chi connectivity index (χ2v) is 13.2. The Kier molecular flexibility index (Phi) is 15.3. The second-order valence-electron chi connectivity index (χ2n) is 13.2. The Morgan fingerprint density at radius 1 is 1.09 bits per heavy atom. The number of nitrogens with zero attached hydrogens (tertiary/aromatic N) is 3. The highest BCUT2D eigenvalue weighted by Gasteiger charge is 2.34. The molecule has 1 aliphatic rings. The van der Waals surface area contributed by atoms with Gasteiger partial charge in [0.05, 0.1) is 24.4 Å². The van der Waals surface area contributed by atoms with E-state index in [1.54, 1.807) is 24.5 Å². The van der Waals surface area contributed by atoms with Gasteiger partial charge < -0.3 is 30.3 Å². The normalized spacial score (nSPS) is 16.9. The summed E-state index contributed by atoms with van der Waals surface area (Å²) in [5, 5.41) is 27.7. The van der Waals surface area contributed by atoms with E-state index in [9.17, 15) is 24.6 Å². The molecule has 1 fully saturated rings. The van der Waals surface area contributed by atoms with Crippen molar-refractivity contribution in [1.82, 2.24) is 25.1 Å². The van der Waals surface area contributed by atoms with Crippen LogP contribution in [0, 0.1) is 30.1 Å². The van der Waals surface area contributed by atoms with Crippen LogP contribution in [0.3, 0.4) is 0 Å². The molecule has 4 N–H and O–H groups in total. The minimum atomic E-state index is -1.16. The SMILES string of the molecule is C#CC[C@H](NC(=O)[C@@H](CC(=O)N(C)CCn1ccnc1)Cc1ccccc1)C(=O)NC(CC1CCCCC1)[C@@H](O)[C@@H](O)CC(C)C. The maximum Gasteiger partial charge on any atom is 0.243 e. The number of aliphatic hydroxyl groups excluding tert-OH is 2. The highest BCUT2D eigenvalue weighted by atomic mass is 16.3. The number of aromatic nitrogens is 2. The Labute approximate surface area is 274 Å². The zero-order valence-electron chi connectivity index (χ0n) is 27.7. The molecule has 0 saturated heterocycles. The molecule has 1 unspecified atom stereocenters. The van der Waals surface area contributed by atoms with Gasteiger partial charge in [-0.25, -0.2) is 4.98 Å². The molecule has 3 rings (SSSR count). The fraction of sp³-hybridized carbons (Fsp3) is 0.611. The molecule has 1 aromatic heterocycles. The Hall–Kier alpha value is -3.68. The number of hydrogen-bond donors (Lipinski definition) is 4. The summed E-state index contributed by atoms with van der Waals surface area (Å²) in [6, 6.07) is 7.70. The van der Waals surface area contributed by atoms with Gasteiger partial charge in [0.25, 0.3) is 0 Å². The monoisotopic (exact) mass is 635 g/mol. The number of imidazole rings is 1. The number of hydrogen-bond acceptors (Lipinski definition) is 6. The van der Waals surface area contributed by atoms with Crippen LogP contribution in [-0.2, 0) is 27.3 Å². The first-order valence-corrected chi connectivity index (χ1v) is 16.7. The van der Waals surface area contributed by atoms with Crippen LogP contribution in [0.5, 0.6) is 0 Å². The van der Waals surface area contributed by atoms with Crippen LogP contribution in [-0.4, -0.2) is 80.3 Å². The highest BCUT2D eigenvalue weighted by Crippen LogP contribution is 2.29. The summed E-state index contributed by atoms with van der Waals surface area (Å²) in [4.78, 5) is 46.3. The molecule has 252 valence electrons. The molecule has 1 aliphatic carbocycles. The lowest BCUT2D eigenvalue weighted by atomic mass is 9.82. The molecule has 5 atom stereocenters. The van der Waals surface area contributed by atoms with E-state index >= 15 is 0 Å². The van der Waals surface area contributed by atoms with Crippen molar-refractivity contribution in [2.75, 3.05) is 13.6 Å². The van der Waals surface area contributed by atoms with Gasteiger partial charge in [-0.2, -0.15) is 0 Å². The van der Waals surface area contributed by atoms with Crippen molar-refractivity contribution in [2.24, 2.45) is 17.8 Å². The van der Waals surface area contributed by atoms with E-state index in [2.05, 4.69) is 21.5 Å². The molecule has 0 bridgehead atoms. The van der Waals surface area contributed by atoms with Crippen molar-refractivity contribution in [3.8, 4) is 12.3 Å². The Bertz CT molecular complexity index is 1240. The Morgan fingerprint density at radius 3 is 2.43 bits per heavy atom. The highest BCUT2D eigenvalue weighted by molar-refractivity contribution is 5.91. The number of terminal acetylenes is 1. The lowest BCUT2D eigenvalue weighted by Gasteiger charge is -2.33. The van der Waals surface area contributed by atoms with Crippen LogP contribution in [0.2, 0.25) is 0 Å². The standard InChI is InChI=1S/C36H53N5O5/c1-5-12-30(36(46)39-31(23-28-15-10-7-11-16-28)34(44)32(42)21-26(2)3)38-35(45)29(22-27-13-8-6-9-14-27)24-33(43)40(4)19-20-41-18-17-37-25-41/h1,6,8-9,13-14,17-18,25-26,28-32,34,42,44H,7,10-12,15-16,19-24H2,2-4H3,(H,38,45)(H,39,46)/t29-,30+,31?,32+,34-/m1/s1. The van der Waals surface area contributed by atoms with Crippen LogP contribution < -0.4 is 10.6 Å². The van der Waals surface area contributed by atoms with Crippen molar-refractivity contribution in [1.29, 1.82) is 0 Å². The van der Waals surface area contributed by atoms with Crippen LogP contribution in [0.4, 0.5) is 0 Å². The molecular formula is C36H53N5O5. The van der Waals surface area contributed by atoms with Crippen LogP contribution in [0.25, 0.3) is 0 Å². The van der Waals surface area contributed by atoms with E-state index in [1.165, 1.54) is 6.42 Å². The fourth-order valence-corrected chi connectivity index (χ4v) is 6.19. The van der Waals surface area contributed by atoms with E-state index < -0.39 is 42.0 Å². The van der Waals surface area contributed by atoms with E-state index in [-0.39, 0.29) is 24.7 Å². The Balaban J connectivity index is 1.73. The smallest absolute Gasteiger partial charge is 0.243 e. The summed E-state index contributed by atoms with van der Waals surface area (Å²) in [6.07, 6.45) is 15.2. The van der Waals surface area contributed by atoms with Gasteiger partial charge in [-0.1, -0.05) is 76.3 Å². The number of nitrogens with one attached hydrogen (secondary N) is 2. The van der Waals surface area contributed by atoms with Crippen molar-refractivity contribution in [2.45, 2.75) is 109 Å². The van der Waals surface area contributed by atoms with E-state index in [0.717, 1.165) is 31.2 Å². The molecule has 0 radical (unpaired) electrons. The molecule has 0 spiro atoms. The summed E-state index contributed by atoms with van der Waals surface area (Å²) in [6.45, 7) is 4.96. The number of carbonyl (C=O) groups excluding carboxylic acids is 3. The van der Waals surface area contributed by atoms with Crippen LogP contribution in [0.1, 0.15) is 77.2 Å². The van der Waals surface area contributed by atoms with Gasteiger partial charge in [0.1, 0.15) is 12.1 Å². The predicted molar refractivity (Wildman–Crippen MR) is 178 cm³/mol. The summed E-state index contributed by atoms with van der Waals surface area (Å²) in [5.41, 5.74) is 0.893. The average molecular weight is 636 g/mol. The molecule has 0 aliphatic heterocycles. The number of amides is 3. The lowest BCUT2D eigenvalue weighted by Crippen LogP contribution is -2.56. The number of carbonyl (C=O) groups is 3. The van der Waals surface area contributed by atoms with Gasteiger partial charge >= 0.3 is 0 Å². The molecular weight excluding hydrogens is 582 g/mol. The first-order chi connectivity index (χ1) is 22.1.